The van der Waals surface area contributed by atoms with Gasteiger partial charge >= 0.3 is 0 Å². The number of anilines is 1. The maximum atomic E-state index is 12.7. The molecule has 0 amide bonds. The number of fused-ring (bicyclic) bond motifs is 1. The van der Waals surface area contributed by atoms with Crippen molar-refractivity contribution in [3.63, 3.8) is 0 Å². The summed E-state index contributed by atoms with van der Waals surface area (Å²) >= 11 is 6.10. The molecular weight excluding hydrogens is 362 g/mol. The van der Waals surface area contributed by atoms with Crippen LogP contribution in [0.15, 0.2) is 59.5 Å². The Labute approximate surface area is 151 Å². The minimum absolute atomic E-state index is 0.153. The Hall–Kier alpha value is -2.44. The zero-order chi connectivity index (χ0) is 18.0. The van der Waals surface area contributed by atoms with E-state index in [4.69, 9.17) is 21.1 Å². The van der Waals surface area contributed by atoms with Crippen molar-refractivity contribution in [1.29, 1.82) is 0 Å². The molecule has 0 aliphatic carbocycles. The van der Waals surface area contributed by atoms with E-state index in [1.54, 1.807) is 18.2 Å². The number of nitrogens with one attached hydrogen (secondary N) is 1. The van der Waals surface area contributed by atoms with Crippen LogP contribution in [0.25, 0.3) is 10.8 Å². The number of ether oxygens (including phenoxy) is 2. The second kappa shape index (κ2) is 6.82. The Morgan fingerprint density at radius 2 is 1.56 bits per heavy atom. The first kappa shape index (κ1) is 17.4. The quantitative estimate of drug-likeness (QED) is 0.719. The summed E-state index contributed by atoms with van der Waals surface area (Å²) in [5.41, 5.74) is 0.237. The molecule has 0 aliphatic heterocycles. The van der Waals surface area contributed by atoms with Gasteiger partial charge in [-0.15, -0.1) is 0 Å². The maximum absolute atomic E-state index is 12.7. The van der Waals surface area contributed by atoms with E-state index < -0.39 is 10.0 Å². The number of methoxy groups -OCH3 is 2. The lowest BCUT2D eigenvalue weighted by molar-refractivity contribution is 0.396. The summed E-state index contributed by atoms with van der Waals surface area (Å²) in [7, 11) is -0.890. The van der Waals surface area contributed by atoms with Gasteiger partial charge in [0.05, 0.1) is 29.8 Å². The molecule has 0 unspecified atom stereocenters. The maximum Gasteiger partial charge on any atom is 0.262 e. The first-order chi connectivity index (χ1) is 11.9. The van der Waals surface area contributed by atoms with Crippen molar-refractivity contribution < 1.29 is 17.9 Å². The van der Waals surface area contributed by atoms with Crippen LogP contribution in [-0.2, 0) is 10.0 Å². The summed E-state index contributed by atoms with van der Waals surface area (Å²) in [5.74, 6) is 0.706. The highest BCUT2D eigenvalue weighted by Crippen LogP contribution is 2.37. The molecule has 3 rings (SSSR count). The number of sulfonamides is 1. The van der Waals surface area contributed by atoms with Crippen LogP contribution >= 0.6 is 11.6 Å². The SMILES string of the molecule is COc1cc(OC)c(NS(=O)(=O)c2ccc3ccccc3c2)cc1Cl. The van der Waals surface area contributed by atoms with Crippen molar-refractivity contribution in [2.24, 2.45) is 0 Å². The van der Waals surface area contributed by atoms with E-state index >= 15 is 0 Å². The number of benzene rings is 3. The molecule has 0 heterocycles. The highest BCUT2D eigenvalue weighted by Gasteiger charge is 2.19. The molecule has 0 aliphatic rings. The topological polar surface area (TPSA) is 64.6 Å². The van der Waals surface area contributed by atoms with Gasteiger partial charge < -0.3 is 9.47 Å². The smallest absolute Gasteiger partial charge is 0.262 e. The predicted molar refractivity (Wildman–Crippen MR) is 99.3 cm³/mol. The molecular formula is C18H16ClNO4S. The standard InChI is InChI=1S/C18H16ClNO4S/c1-23-17-11-18(24-2)16(10-15(17)19)20-25(21,22)14-8-7-12-5-3-4-6-13(12)9-14/h3-11,20H,1-2H3. The largest absolute Gasteiger partial charge is 0.495 e. The van der Waals surface area contributed by atoms with E-state index in [-0.39, 0.29) is 15.6 Å². The molecule has 3 aromatic carbocycles. The summed E-state index contributed by atoms with van der Waals surface area (Å²) < 4.78 is 38.3. The number of hydrogen-bond donors (Lipinski definition) is 1. The van der Waals surface area contributed by atoms with Crippen LogP contribution in [0.2, 0.25) is 5.02 Å². The van der Waals surface area contributed by atoms with Crippen molar-refractivity contribution >= 4 is 38.1 Å². The van der Waals surface area contributed by atoms with E-state index in [0.29, 0.717) is 11.5 Å². The average Bonchev–Trinajstić information content (AvgIpc) is 2.61. The van der Waals surface area contributed by atoms with Crippen LogP contribution in [0.4, 0.5) is 5.69 Å². The Morgan fingerprint density at radius 3 is 2.24 bits per heavy atom. The number of halogens is 1. The summed E-state index contributed by atoms with van der Waals surface area (Å²) in [5, 5.41) is 2.08. The number of rotatable bonds is 5. The lowest BCUT2D eigenvalue weighted by Gasteiger charge is -2.14. The molecule has 0 spiro atoms. The molecule has 0 saturated heterocycles. The van der Waals surface area contributed by atoms with Crippen LogP contribution < -0.4 is 14.2 Å². The predicted octanol–water partition coefficient (Wildman–Crippen LogP) is 4.31. The van der Waals surface area contributed by atoms with Crippen molar-refractivity contribution in [1.82, 2.24) is 0 Å². The molecule has 7 heteroatoms. The average molecular weight is 378 g/mol. The van der Waals surface area contributed by atoms with Crippen LogP contribution in [0, 0.1) is 0 Å². The van der Waals surface area contributed by atoms with E-state index in [1.165, 1.54) is 26.4 Å². The lowest BCUT2D eigenvalue weighted by Crippen LogP contribution is -2.13. The summed E-state index contributed by atoms with van der Waals surface area (Å²) in [6.45, 7) is 0. The molecule has 3 aromatic rings. The molecule has 0 saturated carbocycles. The van der Waals surface area contributed by atoms with Gasteiger partial charge in [0.2, 0.25) is 0 Å². The van der Waals surface area contributed by atoms with Gasteiger partial charge in [-0.3, -0.25) is 4.72 Å². The van der Waals surface area contributed by atoms with E-state index in [0.717, 1.165) is 10.8 Å². The Balaban J connectivity index is 2.02. The Morgan fingerprint density at radius 1 is 0.880 bits per heavy atom. The molecule has 25 heavy (non-hydrogen) atoms. The third-order valence-electron chi connectivity index (χ3n) is 3.75. The lowest BCUT2D eigenvalue weighted by atomic mass is 10.1. The molecule has 5 nitrogen and oxygen atoms in total. The van der Waals surface area contributed by atoms with E-state index in [2.05, 4.69) is 4.72 Å². The first-order valence-electron chi connectivity index (χ1n) is 7.38. The fraction of sp³-hybridized carbons (Fsp3) is 0.111. The third-order valence-corrected chi connectivity index (χ3v) is 5.41. The Kier molecular flexibility index (Phi) is 4.74. The summed E-state index contributed by atoms with van der Waals surface area (Å²) in [6, 6.07) is 15.5. The molecule has 0 bridgehead atoms. The summed E-state index contributed by atoms with van der Waals surface area (Å²) in [4.78, 5) is 0.153. The van der Waals surface area contributed by atoms with Gasteiger partial charge in [-0.1, -0.05) is 41.9 Å². The van der Waals surface area contributed by atoms with Crippen molar-refractivity contribution in [2.75, 3.05) is 18.9 Å². The number of hydrogen-bond acceptors (Lipinski definition) is 4. The van der Waals surface area contributed by atoms with Gasteiger partial charge in [0, 0.05) is 6.07 Å². The van der Waals surface area contributed by atoms with E-state index in [9.17, 15) is 8.42 Å². The normalized spacial score (nSPS) is 11.3. The summed E-state index contributed by atoms with van der Waals surface area (Å²) in [6.07, 6.45) is 0. The van der Waals surface area contributed by atoms with Crippen LogP contribution in [0.3, 0.4) is 0 Å². The van der Waals surface area contributed by atoms with Crippen LogP contribution in [0.5, 0.6) is 11.5 Å². The third kappa shape index (κ3) is 3.50. The van der Waals surface area contributed by atoms with Gasteiger partial charge in [-0.05, 0) is 29.0 Å². The minimum atomic E-state index is -3.80. The Bertz CT molecular complexity index is 1030. The van der Waals surface area contributed by atoms with Gasteiger partial charge in [-0.25, -0.2) is 8.42 Å². The van der Waals surface area contributed by atoms with Crippen molar-refractivity contribution in [3.05, 3.63) is 59.6 Å². The fourth-order valence-corrected chi connectivity index (χ4v) is 3.82. The van der Waals surface area contributed by atoms with Crippen molar-refractivity contribution in [3.8, 4) is 11.5 Å². The molecule has 130 valence electrons. The van der Waals surface area contributed by atoms with Gasteiger partial charge in [-0.2, -0.15) is 0 Å². The zero-order valence-corrected chi connectivity index (χ0v) is 15.2. The van der Waals surface area contributed by atoms with E-state index in [1.807, 2.05) is 24.3 Å². The molecule has 0 radical (unpaired) electrons. The van der Waals surface area contributed by atoms with Gasteiger partial charge in [0.15, 0.2) is 0 Å². The zero-order valence-electron chi connectivity index (χ0n) is 13.6. The van der Waals surface area contributed by atoms with Gasteiger partial charge in [0.1, 0.15) is 11.5 Å². The van der Waals surface area contributed by atoms with Crippen LogP contribution in [-0.4, -0.2) is 22.6 Å². The highest BCUT2D eigenvalue weighted by atomic mass is 35.5. The second-order valence-electron chi connectivity index (χ2n) is 5.30. The minimum Gasteiger partial charge on any atom is -0.495 e. The van der Waals surface area contributed by atoms with Gasteiger partial charge in [0.25, 0.3) is 10.0 Å². The molecule has 0 aromatic heterocycles. The van der Waals surface area contributed by atoms with Crippen LogP contribution in [0.1, 0.15) is 0 Å². The first-order valence-corrected chi connectivity index (χ1v) is 9.24. The second-order valence-corrected chi connectivity index (χ2v) is 7.39. The molecule has 1 N–H and O–H groups in total. The van der Waals surface area contributed by atoms with Crippen molar-refractivity contribution in [2.45, 2.75) is 4.90 Å². The fourth-order valence-electron chi connectivity index (χ4n) is 2.48. The molecule has 0 fully saturated rings. The highest BCUT2D eigenvalue weighted by molar-refractivity contribution is 7.92. The molecule has 0 atom stereocenters. The monoisotopic (exact) mass is 377 g/mol.